The Balaban J connectivity index is 1.62. The number of hydrogen-bond acceptors (Lipinski definition) is 4. The van der Waals surface area contributed by atoms with Gasteiger partial charge in [-0.2, -0.15) is 0 Å². The fourth-order valence-electron chi connectivity index (χ4n) is 2.59. The monoisotopic (exact) mass is 346 g/mol. The highest BCUT2D eigenvalue weighted by atomic mass is 35.5. The van der Waals surface area contributed by atoms with Gasteiger partial charge < -0.3 is 14.8 Å². The number of nitrogens with zero attached hydrogens (tertiary/aromatic N) is 1. The third-order valence-corrected chi connectivity index (χ3v) is 4.38. The first-order valence-electron chi connectivity index (χ1n) is 7.79. The number of rotatable bonds is 5. The van der Waals surface area contributed by atoms with Crippen molar-refractivity contribution >= 4 is 23.2 Å². The number of benzene rings is 1. The van der Waals surface area contributed by atoms with Crippen LogP contribution >= 0.6 is 11.6 Å². The van der Waals surface area contributed by atoms with Crippen molar-refractivity contribution in [3.05, 3.63) is 47.1 Å². The molecule has 1 aromatic heterocycles. The number of hydrogen-bond donors (Lipinski definition) is 1. The predicted octanol–water partition coefficient (Wildman–Crippen LogP) is 4.20. The van der Waals surface area contributed by atoms with Crippen molar-refractivity contribution in [2.75, 3.05) is 12.4 Å². The Labute approximate surface area is 145 Å². The molecule has 1 aromatic carbocycles. The number of pyridine rings is 1. The molecule has 3 rings (SSSR count). The zero-order chi connectivity index (χ0) is 17.1. The lowest BCUT2D eigenvalue weighted by molar-refractivity contribution is -0.127. The number of carbonyl (C=O) groups excluding carboxylic acids is 1. The summed E-state index contributed by atoms with van der Waals surface area (Å²) in [6.45, 7) is 1.92. The van der Waals surface area contributed by atoms with Gasteiger partial charge in [-0.1, -0.05) is 11.6 Å². The number of amides is 1. The predicted molar refractivity (Wildman–Crippen MR) is 92.7 cm³/mol. The zero-order valence-corrected chi connectivity index (χ0v) is 14.3. The second kappa shape index (κ2) is 7.20. The lowest BCUT2D eigenvalue weighted by atomic mass is 9.81. The van der Waals surface area contributed by atoms with Crippen LogP contribution in [0.15, 0.2) is 36.5 Å². The topological polar surface area (TPSA) is 60.5 Å². The average Bonchev–Trinajstić information content (AvgIpc) is 2.51. The van der Waals surface area contributed by atoms with Gasteiger partial charge in [0.15, 0.2) is 0 Å². The van der Waals surface area contributed by atoms with Crippen LogP contribution in [0.5, 0.6) is 11.6 Å². The van der Waals surface area contributed by atoms with Gasteiger partial charge in [0.1, 0.15) is 5.75 Å². The van der Waals surface area contributed by atoms with Crippen molar-refractivity contribution in [1.82, 2.24) is 4.98 Å². The summed E-state index contributed by atoms with van der Waals surface area (Å²) < 4.78 is 10.9. The van der Waals surface area contributed by atoms with Crippen molar-refractivity contribution in [2.24, 2.45) is 5.92 Å². The maximum Gasteiger partial charge on any atom is 0.227 e. The van der Waals surface area contributed by atoms with Gasteiger partial charge in [-0.3, -0.25) is 4.79 Å². The lowest BCUT2D eigenvalue weighted by Crippen LogP contribution is -2.38. The van der Waals surface area contributed by atoms with E-state index in [1.807, 2.05) is 25.1 Å². The first kappa shape index (κ1) is 16.7. The number of aryl methyl sites for hydroxylation is 1. The summed E-state index contributed by atoms with van der Waals surface area (Å²) in [6.07, 6.45) is 3.31. The summed E-state index contributed by atoms with van der Waals surface area (Å²) in [7, 11) is 1.68. The van der Waals surface area contributed by atoms with E-state index in [2.05, 4.69) is 10.3 Å². The first-order valence-corrected chi connectivity index (χ1v) is 8.16. The third-order valence-electron chi connectivity index (χ3n) is 4.16. The second-order valence-corrected chi connectivity index (χ2v) is 6.35. The number of carbonyl (C=O) groups is 1. The van der Waals surface area contributed by atoms with Gasteiger partial charge in [0, 0.05) is 31.0 Å². The molecule has 5 nitrogen and oxygen atoms in total. The molecule has 0 unspecified atom stereocenters. The molecule has 24 heavy (non-hydrogen) atoms. The number of halogens is 1. The highest BCUT2D eigenvalue weighted by Crippen LogP contribution is 2.31. The first-order chi connectivity index (χ1) is 11.5. The fraction of sp³-hybridized carbons (Fsp3) is 0.333. The maximum absolute atomic E-state index is 12.2. The molecular weight excluding hydrogens is 328 g/mol. The van der Waals surface area contributed by atoms with Crippen LogP contribution in [-0.2, 0) is 9.53 Å². The van der Waals surface area contributed by atoms with Gasteiger partial charge in [0.2, 0.25) is 11.8 Å². The van der Waals surface area contributed by atoms with Crippen LogP contribution in [0.25, 0.3) is 0 Å². The highest BCUT2D eigenvalue weighted by molar-refractivity contribution is 6.30. The lowest BCUT2D eigenvalue weighted by Gasteiger charge is -2.32. The molecule has 0 spiro atoms. The average molecular weight is 347 g/mol. The van der Waals surface area contributed by atoms with Crippen molar-refractivity contribution < 1.29 is 14.3 Å². The van der Waals surface area contributed by atoms with Gasteiger partial charge >= 0.3 is 0 Å². The Kier molecular flexibility index (Phi) is 5.02. The minimum Gasteiger partial charge on any atom is -0.439 e. The van der Waals surface area contributed by atoms with Crippen LogP contribution in [-0.4, -0.2) is 24.1 Å². The second-order valence-electron chi connectivity index (χ2n) is 5.91. The number of anilines is 1. The smallest absolute Gasteiger partial charge is 0.227 e. The van der Waals surface area contributed by atoms with Crippen molar-refractivity contribution in [3.8, 4) is 11.6 Å². The van der Waals surface area contributed by atoms with E-state index in [4.69, 9.17) is 21.1 Å². The van der Waals surface area contributed by atoms with E-state index in [0.29, 0.717) is 16.7 Å². The number of methoxy groups -OCH3 is 1. The standard InChI is InChI=1S/C18H19ClN2O3/c1-11-7-14(21-18(22)12-8-15(9-12)23-2)4-5-16(11)24-17-6-3-13(19)10-20-17/h3-7,10,12,15H,8-9H2,1-2H3,(H,21,22). The Morgan fingerprint density at radius 1 is 1.29 bits per heavy atom. The maximum atomic E-state index is 12.2. The molecule has 0 saturated heterocycles. The molecule has 0 atom stereocenters. The summed E-state index contributed by atoms with van der Waals surface area (Å²) in [5.74, 6) is 1.23. The largest absolute Gasteiger partial charge is 0.439 e. The van der Waals surface area contributed by atoms with E-state index in [1.165, 1.54) is 6.20 Å². The summed E-state index contributed by atoms with van der Waals surface area (Å²) in [4.78, 5) is 16.3. The summed E-state index contributed by atoms with van der Waals surface area (Å²) in [5.41, 5.74) is 1.67. The summed E-state index contributed by atoms with van der Waals surface area (Å²) in [5, 5.41) is 3.50. The molecule has 0 bridgehead atoms. The van der Waals surface area contributed by atoms with E-state index >= 15 is 0 Å². The minimum absolute atomic E-state index is 0.0319. The Morgan fingerprint density at radius 3 is 2.71 bits per heavy atom. The van der Waals surface area contributed by atoms with Crippen LogP contribution in [0.4, 0.5) is 5.69 Å². The Morgan fingerprint density at radius 2 is 2.08 bits per heavy atom. The Bertz CT molecular complexity index is 728. The van der Waals surface area contributed by atoms with Crippen LogP contribution in [0.3, 0.4) is 0 Å². The van der Waals surface area contributed by atoms with E-state index in [-0.39, 0.29) is 17.9 Å². The van der Waals surface area contributed by atoms with Crippen molar-refractivity contribution in [3.63, 3.8) is 0 Å². The SMILES string of the molecule is COC1CC(C(=O)Nc2ccc(Oc3ccc(Cl)cn3)c(C)c2)C1. The zero-order valence-electron chi connectivity index (χ0n) is 13.6. The van der Waals surface area contributed by atoms with Gasteiger partial charge in [0.25, 0.3) is 0 Å². The molecule has 2 aromatic rings. The van der Waals surface area contributed by atoms with Crippen LogP contribution in [0.2, 0.25) is 5.02 Å². The van der Waals surface area contributed by atoms with Crippen LogP contribution in [0, 0.1) is 12.8 Å². The fourth-order valence-corrected chi connectivity index (χ4v) is 2.71. The van der Waals surface area contributed by atoms with Gasteiger partial charge in [-0.05, 0) is 49.6 Å². The quantitative estimate of drug-likeness (QED) is 0.881. The molecule has 1 heterocycles. The number of ether oxygens (including phenoxy) is 2. The highest BCUT2D eigenvalue weighted by Gasteiger charge is 2.34. The van der Waals surface area contributed by atoms with Crippen LogP contribution < -0.4 is 10.1 Å². The molecule has 0 aliphatic heterocycles. The van der Waals surface area contributed by atoms with E-state index in [1.54, 1.807) is 19.2 Å². The van der Waals surface area contributed by atoms with E-state index in [0.717, 1.165) is 24.1 Å². The number of aromatic nitrogens is 1. The molecule has 1 saturated carbocycles. The van der Waals surface area contributed by atoms with Crippen LogP contribution in [0.1, 0.15) is 18.4 Å². The molecule has 1 N–H and O–H groups in total. The van der Waals surface area contributed by atoms with E-state index in [9.17, 15) is 4.79 Å². The number of nitrogens with one attached hydrogen (secondary N) is 1. The molecule has 0 radical (unpaired) electrons. The van der Waals surface area contributed by atoms with E-state index < -0.39 is 0 Å². The molecule has 126 valence electrons. The van der Waals surface area contributed by atoms with Gasteiger partial charge in [0.05, 0.1) is 11.1 Å². The minimum atomic E-state index is 0.0319. The summed E-state index contributed by atoms with van der Waals surface area (Å²) >= 11 is 5.81. The van der Waals surface area contributed by atoms with Crippen molar-refractivity contribution in [2.45, 2.75) is 25.9 Å². The molecule has 1 aliphatic rings. The van der Waals surface area contributed by atoms with Gasteiger partial charge in [-0.15, -0.1) is 0 Å². The summed E-state index contributed by atoms with van der Waals surface area (Å²) in [6, 6.07) is 8.96. The molecule has 1 aliphatic carbocycles. The third kappa shape index (κ3) is 3.86. The Hall–Kier alpha value is -2.11. The molecule has 1 amide bonds. The molecular formula is C18H19ClN2O3. The molecule has 1 fully saturated rings. The van der Waals surface area contributed by atoms with Crippen molar-refractivity contribution in [1.29, 1.82) is 0 Å². The normalized spacial score (nSPS) is 19.5. The van der Waals surface area contributed by atoms with Gasteiger partial charge in [-0.25, -0.2) is 4.98 Å². The molecule has 6 heteroatoms.